The Hall–Kier alpha value is -0.320. The van der Waals surface area contributed by atoms with Crippen LogP contribution < -0.4 is 5.32 Å². The highest BCUT2D eigenvalue weighted by Gasteiger charge is 2.24. The van der Waals surface area contributed by atoms with Gasteiger partial charge in [0.1, 0.15) is 0 Å². The fourth-order valence-electron chi connectivity index (χ4n) is 3.25. The van der Waals surface area contributed by atoms with Gasteiger partial charge in [-0.25, -0.2) is 0 Å². The van der Waals surface area contributed by atoms with Crippen LogP contribution in [0, 0.1) is 5.92 Å². The second kappa shape index (κ2) is 10.4. The minimum Gasteiger partial charge on any atom is -0.376 e. The van der Waals surface area contributed by atoms with E-state index in [0.717, 1.165) is 64.9 Å². The first kappa shape index (κ1) is 18.7. The first-order valence-electron chi connectivity index (χ1n) is 8.39. The smallest absolute Gasteiger partial charge is 0.222 e. The zero-order valence-corrected chi connectivity index (χ0v) is 14.1. The van der Waals surface area contributed by atoms with E-state index < -0.39 is 0 Å². The molecule has 0 spiro atoms. The van der Waals surface area contributed by atoms with Crippen molar-refractivity contribution in [3.05, 3.63) is 0 Å². The van der Waals surface area contributed by atoms with E-state index in [2.05, 4.69) is 17.1 Å². The summed E-state index contributed by atoms with van der Waals surface area (Å²) in [5.74, 6) is 0.920. The van der Waals surface area contributed by atoms with Crippen LogP contribution in [0.25, 0.3) is 0 Å². The van der Waals surface area contributed by atoms with Gasteiger partial charge in [0.2, 0.25) is 5.91 Å². The molecule has 2 fully saturated rings. The third kappa shape index (κ3) is 6.54. The molecule has 0 aromatic carbocycles. The molecule has 2 aliphatic heterocycles. The summed E-state index contributed by atoms with van der Waals surface area (Å²) in [6, 6.07) is 0. The maximum atomic E-state index is 12.5. The third-order valence-electron chi connectivity index (χ3n) is 4.47. The lowest BCUT2D eigenvalue weighted by Crippen LogP contribution is -2.41. The molecule has 2 aliphatic rings. The molecule has 4 nitrogen and oxygen atoms in total. The van der Waals surface area contributed by atoms with Crippen molar-refractivity contribution >= 4 is 18.3 Å². The van der Waals surface area contributed by atoms with Gasteiger partial charge in [-0.2, -0.15) is 0 Å². The molecule has 2 heterocycles. The van der Waals surface area contributed by atoms with Gasteiger partial charge >= 0.3 is 0 Å². The lowest BCUT2D eigenvalue weighted by Gasteiger charge is -2.31. The number of rotatable bonds is 6. The number of carbonyl (C=O) groups is 1. The van der Waals surface area contributed by atoms with Gasteiger partial charge in [-0.3, -0.25) is 4.79 Å². The number of ether oxygens (including phenoxy) is 1. The standard InChI is InChI=1S/C16H30N2O2.ClH/c1-2-10-18(13-15-5-3-4-11-20-15)16(19)12-14-6-8-17-9-7-14;/h14-15,17H,2-13H2,1H3;1H. The Labute approximate surface area is 135 Å². The van der Waals surface area contributed by atoms with E-state index in [0.29, 0.717) is 11.8 Å². The van der Waals surface area contributed by atoms with Crippen LogP contribution in [0.3, 0.4) is 0 Å². The van der Waals surface area contributed by atoms with Gasteiger partial charge in [-0.1, -0.05) is 6.92 Å². The van der Waals surface area contributed by atoms with Gasteiger partial charge in [-0.05, 0) is 57.5 Å². The Morgan fingerprint density at radius 3 is 2.62 bits per heavy atom. The fourth-order valence-corrected chi connectivity index (χ4v) is 3.25. The molecular formula is C16H31ClN2O2. The van der Waals surface area contributed by atoms with Gasteiger partial charge in [0, 0.05) is 26.1 Å². The van der Waals surface area contributed by atoms with E-state index >= 15 is 0 Å². The van der Waals surface area contributed by atoms with E-state index in [1.54, 1.807) is 0 Å². The van der Waals surface area contributed by atoms with E-state index in [4.69, 9.17) is 4.74 Å². The Morgan fingerprint density at radius 2 is 2.00 bits per heavy atom. The van der Waals surface area contributed by atoms with Crippen molar-refractivity contribution in [2.45, 2.75) is 58.0 Å². The molecule has 1 N–H and O–H groups in total. The topological polar surface area (TPSA) is 41.6 Å². The van der Waals surface area contributed by atoms with Crippen LogP contribution in [0.1, 0.15) is 51.9 Å². The first-order chi connectivity index (χ1) is 9.79. The molecule has 1 atom stereocenters. The average molecular weight is 319 g/mol. The summed E-state index contributed by atoms with van der Waals surface area (Å²) in [5.41, 5.74) is 0. The molecule has 124 valence electrons. The highest BCUT2D eigenvalue weighted by molar-refractivity contribution is 5.85. The van der Waals surface area contributed by atoms with Crippen molar-refractivity contribution in [3.63, 3.8) is 0 Å². The summed E-state index contributed by atoms with van der Waals surface area (Å²) in [7, 11) is 0. The van der Waals surface area contributed by atoms with Crippen LogP contribution in [0.2, 0.25) is 0 Å². The average Bonchev–Trinajstić information content (AvgIpc) is 2.49. The quantitative estimate of drug-likeness (QED) is 0.818. The summed E-state index contributed by atoms with van der Waals surface area (Å²) < 4.78 is 5.79. The number of nitrogens with one attached hydrogen (secondary N) is 1. The zero-order valence-electron chi connectivity index (χ0n) is 13.3. The molecule has 0 bridgehead atoms. The van der Waals surface area contributed by atoms with Crippen LogP contribution in [0.4, 0.5) is 0 Å². The zero-order chi connectivity index (χ0) is 14.2. The summed E-state index contributed by atoms with van der Waals surface area (Å²) in [6.45, 7) is 6.83. The van der Waals surface area contributed by atoms with Crippen LogP contribution in [-0.4, -0.2) is 49.7 Å². The highest BCUT2D eigenvalue weighted by atomic mass is 35.5. The van der Waals surface area contributed by atoms with Crippen LogP contribution >= 0.6 is 12.4 Å². The number of hydrogen-bond donors (Lipinski definition) is 1. The maximum absolute atomic E-state index is 12.5. The van der Waals surface area contributed by atoms with Crippen LogP contribution in [-0.2, 0) is 9.53 Å². The van der Waals surface area contributed by atoms with Gasteiger partial charge < -0.3 is 15.0 Å². The number of halogens is 1. The lowest BCUT2D eigenvalue weighted by atomic mass is 9.94. The first-order valence-corrected chi connectivity index (χ1v) is 8.39. The van der Waals surface area contributed by atoms with E-state index in [-0.39, 0.29) is 18.5 Å². The summed E-state index contributed by atoms with van der Waals surface area (Å²) in [6.07, 6.45) is 7.85. The van der Waals surface area contributed by atoms with Crippen molar-refractivity contribution < 1.29 is 9.53 Å². The van der Waals surface area contributed by atoms with Gasteiger partial charge in [0.05, 0.1) is 6.10 Å². The summed E-state index contributed by atoms with van der Waals surface area (Å²) in [5, 5.41) is 3.36. The predicted molar refractivity (Wildman–Crippen MR) is 87.9 cm³/mol. The Kier molecular flexibility index (Phi) is 9.29. The highest BCUT2D eigenvalue weighted by Crippen LogP contribution is 2.19. The molecule has 2 saturated heterocycles. The number of hydrogen-bond acceptors (Lipinski definition) is 3. The van der Waals surface area contributed by atoms with Crippen LogP contribution in [0.5, 0.6) is 0 Å². The number of piperidine rings is 1. The van der Waals surface area contributed by atoms with Gasteiger partial charge in [0.25, 0.3) is 0 Å². The Bertz CT molecular complexity index is 290. The minimum atomic E-state index is 0. The number of carbonyl (C=O) groups excluding carboxylic acids is 1. The molecule has 0 radical (unpaired) electrons. The van der Waals surface area contributed by atoms with Crippen molar-refractivity contribution in [1.29, 1.82) is 0 Å². The normalized spacial score (nSPS) is 23.4. The maximum Gasteiger partial charge on any atom is 0.222 e. The molecular weight excluding hydrogens is 288 g/mol. The van der Waals surface area contributed by atoms with Crippen LogP contribution in [0.15, 0.2) is 0 Å². The number of amides is 1. The predicted octanol–water partition coefficient (Wildman–Crippen LogP) is 2.61. The Morgan fingerprint density at radius 1 is 1.24 bits per heavy atom. The monoisotopic (exact) mass is 318 g/mol. The Balaban J connectivity index is 0.00000220. The second-order valence-corrected chi connectivity index (χ2v) is 6.23. The largest absolute Gasteiger partial charge is 0.376 e. The molecule has 21 heavy (non-hydrogen) atoms. The molecule has 2 rings (SSSR count). The SMILES string of the molecule is CCCN(CC1CCCCO1)C(=O)CC1CCNCC1.Cl. The summed E-state index contributed by atoms with van der Waals surface area (Å²) >= 11 is 0. The van der Waals surface area contributed by atoms with Crippen molar-refractivity contribution in [2.24, 2.45) is 5.92 Å². The molecule has 0 aromatic rings. The van der Waals surface area contributed by atoms with E-state index in [1.165, 1.54) is 12.8 Å². The summed E-state index contributed by atoms with van der Waals surface area (Å²) in [4.78, 5) is 14.6. The minimum absolute atomic E-state index is 0. The van der Waals surface area contributed by atoms with Crippen molar-refractivity contribution in [1.82, 2.24) is 10.2 Å². The lowest BCUT2D eigenvalue weighted by molar-refractivity contribution is -0.135. The third-order valence-corrected chi connectivity index (χ3v) is 4.47. The van der Waals surface area contributed by atoms with Gasteiger partial charge in [0.15, 0.2) is 0 Å². The molecule has 5 heteroatoms. The second-order valence-electron chi connectivity index (χ2n) is 6.23. The molecule has 0 saturated carbocycles. The van der Waals surface area contributed by atoms with E-state index in [9.17, 15) is 4.79 Å². The molecule has 0 aromatic heterocycles. The molecule has 1 amide bonds. The molecule has 1 unspecified atom stereocenters. The number of nitrogens with zero attached hydrogens (tertiary/aromatic N) is 1. The van der Waals surface area contributed by atoms with Gasteiger partial charge in [-0.15, -0.1) is 12.4 Å². The molecule has 0 aliphatic carbocycles. The van der Waals surface area contributed by atoms with Crippen molar-refractivity contribution in [3.8, 4) is 0 Å². The van der Waals surface area contributed by atoms with E-state index in [1.807, 2.05) is 0 Å². The van der Waals surface area contributed by atoms with Crippen molar-refractivity contribution in [2.75, 3.05) is 32.8 Å². The fraction of sp³-hybridized carbons (Fsp3) is 0.938.